The van der Waals surface area contributed by atoms with E-state index in [4.69, 9.17) is 26.1 Å². The van der Waals surface area contributed by atoms with Crippen LogP contribution in [0.25, 0.3) is 11.2 Å². The summed E-state index contributed by atoms with van der Waals surface area (Å²) in [7, 11) is -9.59. The molecule has 0 saturated carbocycles. The molecule has 0 bridgehead atoms. The Morgan fingerprint density at radius 1 is 1.19 bits per heavy atom. The molecule has 1 aliphatic rings. The number of rotatable bonds is 9. The standard InChI is InChI=1S/C18H20ClN7O9P2/c19-10-4-2-1-3-9(10)6-21-16-13-17(23-12(5-20)22-16)26(25-24-13)18-15(28)14(27)11(35-18)7-34-37(32,33)8-36(29,30)31/h1-4,11,14-15,18,27-28H,6-8H2,(H,32,33)(H,21,22,23)(H2,29,30,31)/t11-,14-,15-,18-/m1/s1. The van der Waals surface area contributed by atoms with Crippen LogP contribution in [-0.4, -0.2) is 80.7 Å². The number of anilines is 1. The lowest BCUT2D eigenvalue weighted by Crippen LogP contribution is -2.33. The van der Waals surface area contributed by atoms with E-state index in [1.54, 1.807) is 24.3 Å². The minimum absolute atomic E-state index is 0.0274. The first-order valence-electron chi connectivity index (χ1n) is 10.4. The number of nitriles is 1. The van der Waals surface area contributed by atoms with Gasteiger partial charge in [-0.15, -0.1) is 5.10 Å². The van der Waals surface area contributed by atoms with Gasteiger partial charge in [0.15, 0.2) is 29.1 Å². The monoisotopic (exact) mass is 575 g/mol. The van der Waals surface area contributed by atoms with Gasteiger partial charge in [0.2, 0.25) is 5.82 Å². The average molecular weight is 576 g/mol. The molecule has 0 amide bonds. The SMILES string of the molecule is N#Cc1nc(NCc2ccccc2Cl)c2nnn([C@@H]3O[C@H](COP(=O)(O)CP(=O)(O)O)[C@@H](O)[C@H]3O)c2n1. The van der Waals surface area contributed by atoms with Crippen molar-refractivity contribution in [2.45, 2.75) is 31.1 Å². The van der Waals surface area contributed by atoms with Gasteiger partial charge in [-0.2, -0.15) is 19.9 Å². The third-order valence-corrected chi connectivity index (χ3v) is 9.03. The molecule has 16 nitrogen and oxygen atoms in total. The molecular weight excluding hydrogens is 556 g/mol. The molecule has 1 aliphatic heterocycles. The summed E-state index contributed by atoms with van der Waals surface area (Å²) in [6.07, 6.45) is -6.08. The van der Waals surface area contributed by atoms with Gasteiger partial charge in [0.25, 0.3) is 0 Å². The second-order valence-electron chi connectivity index (χ2n) is 7.94. The summed E-state index contributed by atoms with van der Waals surface area (Å²) in [6.45, 7) is -0.557. The summed E-state index contributed by atoms with van der Waals surface area (Å²) >= 11 is 6.18. The molecule has 2 aromatic heterocycles. The zero-order valence-corrected chi connectivity index (χ0v) is 21.1. The molecule has 3 heterocycles. The number of aliphatic hydroxyl groups excluding tert-OH is 2. The normalized spacial score (nSPS) is 23.6. The number of benzene rings is 1. The van der Waals surface area contributed by atoms with E-state index in [9.17, 15) is 29.5 Å². The van der Waals surface area contributed by atoms with Crippen molar-refractivity contribution >= 4 is 43.8 Å². The van der Waals surface area contributed by atoms with Gasteiger partial charge in [-0.1, -0.05) is 35.0 Å². The van der Waals surface area contributed by atoms with Gasteiger partial charge in [-0.3, -0.25) is 9.13 Å². The van der Waals surface area contributed by atoms with Crippen LogP contribution in [0.3, 0.4) is 0 Å². The molecule has 3 aromatic rings. The fourth-order valence-electron chi connectivity index (χ4n) is 3.53. The van der Waals surface area contributed by atoms with E-state index in [1.165, 1.54) is 0 Å². The van der Waals surface area contributed by atoms with Crippen molar-refractivity contribution < 1.29 is 43.3 Å². The van der Waals surface area contributed by atoms with Crippen molar-refractivity contribution in [2.24, 2.45) is 0 Å². The highest BCUT2D eigenvalue weighted by atomic mass is 35.5. The first-order valence-corrected chi connectivity index (χ1v) is 14.4. The van der Waals surface area contributed by atoms with Crippen LogP contribution < -0.4 is 5.32 Å². The Kier molecular flexibility index (Phi) is 7.93. The zero-order chi connectivity index (χ0) is 27.0. The average Bonchev–Trinajstić information content (AvgIpc) is 3.36. The molecule has 0 radical (unpaired) electrons. The largest absolute Gasteiger partial charge is 0.387 e. The van der Waals surface area contributed by atoms with Gasteiger partial charge in [0, 0.05) is 11.6 Å². The highest BCUT2D eigenvalue weighted by Gasteiger charge is 2.46. The van der Waals surface area contributed by atoms with E-state index in [0.29, 0.717) is 5.02 Å². The number of nitrogens with one attached hydrogen (secondary N) is 1. The van der Waals surface area contributed by atoms with Gasteiger partial charge in [-0.05, 0) is 11.6 Å². The minimum atomic E-state index is -4.86. The van der Waals surface area contributed by atoms with Crippen LogP contribution in [0, 0.1) is 11.3 Å². The molecule has 37 heavy (non-hydrogen) atoms. The Balaban J connectivity index is 1.57. The molecule has 19 heteroatoms. The molecule has 1 fully saturated rings. The summed E-state index contributed by atoms with van der Waals surface area (Å²) in [4.78, 5) is 35.6. The maximum absolute atomic E-state index is 11.9. The first-order chi connectivity index (χ1) is 17.4. The summed E-state index contributed by atoms with van der Waals surface area (Å²) in [5, 5.41) is 41.7. The zero-order valence-electron chi connectivity index (χ0n) is 18.6. The maximum atomic E-state index is 11.9. The van der Waals surface area contributed by atoms with Gasteiger partial charge in [0.1, 0.15) is 24.4 Å². The molecule has 4 rings (SSSR count). The van der Waals surface area contributed by atoms with Crippen molar-refractivity contribution in [3.8, 4) is 6.07 Å². The number of aromatic nitrogens is 5. The Hall–Kier alpha value is -2.54. The van der Waals surface area contributed by atoms with Crippen molar-refractivity contribution in [3.63, 3.8) is 0 Å². The molecule has 198 valence electrons. The number of hydrogen-bond donors (Lipinski definition) is 6. The molecule has 1 saturated heterocycles. The number of fused-ring (bicyclic) bond motifs is 1. The molecule has 0 aliphatic carbocycles. The lowest BCUT2D eigenvalue weighted by molar-refractivity contribution is -0.0550. The maximum Gasteiger partial charge on any atom is 0.340 e. The molecular formula is C18H20ClN7O9P2. The fraction of sp³-hybridized carbons (Fsp3) is 0.389. The Bertz CT molecular complexity index is 1440. The highest BCUT2D eigenvalue weighted by molar-refractivity contribution is 7.70. The van der Waals surface area contributed by atoms with Gasteiger partial charge in [0.05, 0.1) is 6.61 Å². The molecule has 0 spiro atoms. The van der Waals surface area contributed by atoms with Gasteiger partial charge >= 0.3 is 15.2 Å². The molecule has 1 aromatic carbocycles. The summed E-state index contributed by atoms with van der Waals surface area (Å²) in [5.41, 5.74) is 0.820. The van der Waals surface area contributed by atoms with Crippen molar-refractivity contribution in [3.05, 3.63) is 40.7 Å². The third-order valence-electron chi connectivity index (χ3n) is 5.21. The molecule has 6 N–H and O–H groups in total. The van der Waals surface area contributed by atoms with E-state index in [2.05, 4.69) is 30.1 Å². The summed E-state index contributed by atoms with van der Waals surface area (Å²) in [5.74, 6) is -1.55. The number of hydrogen-bond acceptors (Lipinski definition) is 12. The van der Waals surface area contributed by atoms with Crippen LogP contribution in [0.15, 0.2) is 24.3 Å². The lowest BCUT2D eigenvalue weighted by atomic mass is 10.1. The molecule has 5 atom stereocenters. The van der Waals surface area contributed by atoms with Crippen molar-refractivity contribution in [1.82, 2.24) is 25.0 Å². The lowest BCUT2D eigenvalue weighted by Gasteiger charge is -2.18. The van der Waals surface area contributed by atoms with E-state index < -0.39 is 52.2 Å². The van der Waals surface area contributed by atoms with Crippen LogP contribution in [0.5, 0.6) is 0 Å². The number of nitrogens with zero attached hydrogens (tertiary/aromatic N) is 6. The topological polar surface area (TPSA) is 246 Å². The Morgan fingerprint density at radius 3 is 2.59 bits per heavy atom. The van der Waals surface area contributed by atoms with Gasteiger partial charge < -0.3 is 39.5 Å². The molecule has 1 unspecified atom stereocenters. The Morgan fingerprint density at radius 2 is 1.92 bits per heavy atom. The van der Waals surface area contributed by atoms with Crippen LogP contribution >= 0.6 is 26.8 Å². The van der Waals surface area contributed by atoms with E-state index in [1.807, 2.05) is 6.07 Å². The van der Waals surface area contributed by atoms with Crippen molar-refractivity contribution in [1.29, 1.82) is 5.26 Å². The summed E-state index contributed by atoms with van der Waals surface area (Å²) in [6, 6.07) is 8.86. The smallest absolute Gasteiger partial charge is 0.340 e. The van der Waals surface area contributed by atoms with Crippen LogP contribution in [-0.2, 0) is 24.9 Å². The quantitative estimate of drug-likeness (QED) is 0.188. The predicted octanol–water partition coefficient (Wildman–Crippen LogP) is 0.315. The predicted molar refractivity (Wildman–Crippen MR) is 125 cm³/mol. The minimum Gasteiger partial charge on any atom is -0.387 e. The van der Waals surface area contributed by atoms with Crippen molar-refractivity contribution in [2.75, 3.05) is 17.8 Å². The number of halogens is 1. The van der Waals surface area contributed by atoms with E-state index in [-0.39, 0.29) is 29.4 Å². The third kappa shape index (κ3) is 6.31. The fourth-order valence-corrected chi connectivity index (χ4v) is 6.30. The van der Waals surface area contributed by atoms with E-state index in [0.717, 1.165) is 10.2 Å². The van der Waals surface area contributed by atoms with Gasteiger partial charge in [-0.25, -0.2) is 0 Å². The second kappa shape index (κ2) is 10.7. The van der Waals surface area contributed by atoms with Crippen LogP contribution in [0.4, 0.5) is 5.82 Å². The summed E-state index contributed by atoms with van der Waals surface area (Å²) < 4.78 is 34.2. The number of ether oxygens (including phenoxy) is 1. The van der Waals surface area contributed by atoms with E-state index >= 15 is 0 Å². The number of aliphatic hydroxyl groups is 2. The Labute approximate surface area is 213 Å². The second-order valence-corrected chi connectivity index (χ2v) is 12.3. The highest BCUT2D eigenvalue weighted by Crippen LogP contribution is 2.55. The first kappa shape index (κ1) is 27.5. The van der Waals surface area contributed by atoms with Crippen LogP contribution in [0.2, 0.25) is 5.02 Å². The van der Waals surface area contributed by atoms with Crippen LogP contribution in [0.1, 0.15) is 17.6 Å².